The summed E-state index contributed by atoms with van der Waals surface area (Å²) in [6, 6.07) is 6.47. The number of nitrogens with zero attached hydrogens (tertiary/aromatic N) is 2. The van der Waals surface area contributed by atoms with Crippen molar-refractivity contribution < 1.29 is 8.42 Å². The van der Waals surface area contributed by atoms with Crippen LogP contribution in [0.4, 0.5) is 5.69 Å². The van der Waals surface area contributed by atoms with Gasteiger partial charge >= 0.3 is 0 Å². The second-order valence-electron chi connectivity index (χ2n) is 4.12. The maximum absolute atomic E-state index is 12.3. The highest BCUT2D eigenvalue weighted by molar-refractivity contribution is 7.90. The van der Waals surface area contributed by atoms with Crippen LogP contribution >= 0.6 is 11.3 Å². The van der Waals surface area contributed by atoms with E-state index in [0.717, 1.165) is 4.96 Å². The Hall–Kier alpha value is -1.86. The largest absolute Gasteiger partial charge is 0.398 e. The third kappa shape index (κ3) is 2.22. The number of nitrogens with two attached hydrogens (primary N) is 1. The minimum Gasteiger partial charge on any atom is -0.398 e. The van der Waals surface area contributed by atoms with Gasteiger partial charge in [-0.2, -0.15) is 0 Å². The first-order valence-electron chi connectivity index (χ1n) is 5.54. The van der Waals surface area contributed by atoms with E-state index in [1.807, 2.05) is 16.0 Å². The summed E-state index contributed by atoms with van der Waals surface area (Å²) in [6.45, 7) is 0. The lowest BCUT2D eigenvalue weighted by atomic mass is 10.3. The molecule has 3 aromatic rings. The number of thiazole rings is 1. The van der Waals surface area contributed by atoms with Crippen LogP contribution in [-0.4, -0.2) is 17.8 Å². The molecule has 0 spiro atoms. The Morgan fingerprint density at radius 3 is 2.84 bits per heavy atom. The molecule has 0 saturated carbocycles. The summed E-state index contributed by atoms with van der Waals surface area (Å²) in [6.07, 6.45) is 3.57. The van der Waals surface area contributed by atoms with Crippen LogP contribution in [0.5, 0.6) is 0 Å². The number of sulfone groups is 1. The Morgan fingerprint density at radius 1 is 1.32 bits per heavy atom. The Morgan fingerprint density at radius 2 is 2.11 bits per heavy atom. The molecule has 0 amide bonds. The van der Waals surface area contributed by atoms with Crippen molar-refractivity contribution in [3.63, 3.8) is 0 Å². The van der Waals surface area contributed by atoms with Crippen LogP contribution in [0.15, 0.2) is 46.9 Å². The number of rotatable bonds is 3. The maximum Gasteiger partial charge on any atom is 0.193 e. The molecule has 0 atom stereocenters. The summed E-state index contributed by atoms with van der Waals surface area (Å²) >= 11 is 1.47. The number of hydrogen-bond acceptors (Lipinski definition) is 5. The molecule has 0 fully saturated rings. The number of aromatic nitrogens is 2. The first-order valence-corrected chi connectivity index (χ1v) is 8.08. The van der Waals surface area contributed by atoms with Crippen molar-refractivity contribution in [1.29, 1.82) is 0 Å². The summed E-state index contributed by atoms with van der Waals surface area (Å²) in [5.74, 6) is -0.143. The Balaban J connectivity index is 1.98. The normalized spacial score (nSPS) is 12.0. The van der Waals surface area contributed by atoms with Crippen molar-refractivity contribution in [3.8, 4) is 0 Å². The molecule has 98 valence electrons. The van der Waals surface area contributed by atoms with Gasteiger partial charge in [0.1, 0.15) is 0 Å². The predicted molar refractivity (Wildman–Crippen MR) is 74.8 cm³/mol. The first kappa shape index (κ1) is 12.2. The van der Waals surface area contributed by atoms with Gasteiger partial charge in [0, 0.05) is 17.8 Å². The Bertz CT molecular complexity index is 805. The summed E-state index contributed by atoms with van der Waals surface area (Å²) in [4.78, 5) is 5.22. The van der Waals surface area contributed by atoms with Gasteiger partial charge < -0.3 is 5.73 Å². The smallest absolute Gasteiger partial charge is 0.193 e. The molecule has 2 heterocycles. The zero-order valence-electron chi connectivity index (χ0n) is 9.85. The van der Waals surface area contributed by atoms with E-state index in [2.05, 4.69) is 4.98 Å². The highest BCUT2D eigenvalue weighted by atomic mass is 32.2. The first-order chi connectivity index (χ1) is 9.06. The van der Waals surface area contributed by atoms with E-state index in [0.29, 0.717) is 5.69 Å². The van der Waals surface area contributed by atoms with Gasteiger partial charge in [0.2, 0.25) is 0 Å². The van der Waals surface area contributed by atoms with Crippen molar-refractivity contribution in [2.24, 2.45) is 0 Å². The molecule has 2 aromatic heterocycles. The van der Waals surface area contributed by atoms with E-state index in [1.165, 1.54) is 17.4 Å². The third-order valence-electron chi connectivity index (χ3n) is 2.74. The number of para-hydroxylation sites is 1. The molecule has 0 aliphatic carbocycles. The average Bonchev–Trinajstić information content (AvgIpc) is 2.89. The quantitative estimate of drug-likeness (QED) is 0.749. The maximum atomic E-state index is 12.3. The SMILES string of the molecule is Nc1ccccc1S(=O)(=O)Cc1cn2ccsc2n1. The van der Waals surface area contributed by atoms with Crippen molar-refractivity contribution >= 4 is 31.8 Å². The molecule has 0 bridgehead atoms. The molecule has 0 saturated heterocycles. The monoisotopic (exact) mass is 293 g/mol. The molecule has 0 aliphatic heterocycles. The Labute approximate surface area is 114 Å². The minimum atomic E-state index is -3.47. The molecular formula is C12H11N3O2S2. The number of imidazole rings is 1. The van der Waals surface area contributed by atoms with Crippen LogP contribution in [0.1, 0.15) is 5.69 Å². The zero-order valence-corrected chi connectivity index (χ0v) is 11.5. The van der Waals surface area contributed by atoms with Gasteiger partial charge in [0.25, 0.3) is 0 Å². The molecule has 0 radical (unpaired) electrons. The second-order valence-corrected chi connectivity index (χ2v) is 6.95. The van der Waals surface area contributed by atoms with Crippen molar-refractivity contribution in [2.45, 2.75) is 10.6 Å². The van der Waals surface area contributed by atoms with Crippen LogP contribution in [0, 0.1) is 0 Å². The Kier molecular flexibility index (Phi) is 2.79. The number of anilines is 1. The van der Waals surface area contributed by atoms with E-state index in [4.69, 9.17) is 5.73 Å². The van der Waals surface area contributed by atoms with E-state index in [1.54, 1.807) is 24.4 Å². The lowest BCUT2D eigenvalue weighted by Gasteiger charge is -2.05. The van der Waals surface area contributed by atoms with Crippen molar-refractivity contribution in [2.75, 3.05) is 5.73 Å². The van der Waals surface area contributed by atoms with Gasteiger partial charge in [0.15, 0.2) is 14.8 Å². The summed E-state index contributed by atoms with van der Waals surface area (Å²) in [7, 11) is -3.47. The van der Waals surface area contributed by atoms with E-state index in [-0.39, 0.29) is 16.3 Å². The van der Waals surface area contributed by atoms with Crippen LogP contribution in [0.25, 0.3) is 4.96 Å². The molecule has 19 heavy (non-hydrogen) atoms. The fourth-order valence-corrected chi connectivity index (χ4v) is 4.00. The summed E-state index contributed by atoms with van der Waals surface area (Å²) in [5, 5.41) is 1.90. The average molecular weight is 293 g/mol. The van der Waals surface area contributed by atoms with E-state index < -0.39 is 9.84 Å². The molecule has 0 aliphatic rings. The predicted octanol–water partition coefficient (Wildman–Crippen LogP) is 1.95. The molecule has 7 heteroatoms. The molecule has 5 nitrogen and oxygen atoms in total. The molecule has 1 aromatic carbocycles. The number of hydrogen-bond donors (Lipinski definition) is 1. The number of benzene rings is 1. The third-order valence-corrected chi connectivity index (χ3v) is 5.22. The van der Waals surface area contributed by atoms with Crippen LogP contribution < -0.4 is 5.73 Å². The van der Waals surface area contributed by atoms with Crippen LogP contribution in [-0.2, 0) is 15.6 Å². The van der Waals surface area contributed by atoms with Gasteiger partial charge in [-0.25, -0.2) is 13.4 Å². The molecule has 3 rings (SSSR count). The fraction of sp³-hybridized carbons (Fsp3) is 0.0833. The van der Waals surface area contributed by atoms with Crippen molar-refractivity contribution in [1.82, 2.24) is 9.38 Å². The highest BCUT2D eigenvalue weighted by Crippen LogP contribution is 2.22. The van der Waals surface area contributed by atoms with Gasteiger partial charge in [-0.05, 0) is 12.1 Å². The summed E-state index contributed by atoms with van der Waals surface area (Å²) < 4.78 is 26.4. The standard InChI is InChI=1S/C12H11N3O2S2/c13-10-3-1-2-4-11(10)19(16,17)8-9-7-15-5-6-18-12(15)14-9/h1-7H,8,13H2. The molecule has 0 unspecified atom stereocenters. The van der Waals surface area contributed by atoms with Gasteiger partial charge in [-0.1, -0.05) is 12.1 Å². The minimum absolute atomic E-state index is 0.143. The van der Waals surface area contributed by atoms with E-state index in [9.17, 15) is 8.42 Å². The van der Waals surface area contributed by atoms with Gasteiger partial charge in [-0.15, -0.1) is 11.3 Å². The second kappa shape index (κ2) is 4.36. The lowest BCUT2D eigenvalue weighted by molar-refractivity contribution is 0.595. The zero-order chi connectivity index (χ0) is 13.5. The molecular weight excluding hydrogens is 282 g/mol. The van der Waals surface area contributed by atoms with E-state index >= 15 is 0 Å². The van der Waals surface area contributed by atoms with Crippen LogP contribution in [0.2, 0.25) is 0 Å². The van der Waals surface area contributed by atoms with Crippen LogP contribution in [0.3, 0.4) is 0 Å². The van der Waals surface area contributed by atoms with Gasteiger partial charge in [-0.3, -0.25) is 4.40 Å². The topological polar surface area (TPSA) is 77.5 Å². The highest BCUT2D eigenvalue weighted by Gasteiger charge is 2.19. The lowest BCUT2D eigenvalue weighted by Crippen LogP contribution is -2.08. The number of nitrogen functional groups attached to an aromatic ring is 1. The fourth-order valence-electron chi connectivity index (χ4n) is 1.88. The summed E-state index contributed by atoms with van der Waals surface area (Å²) in [5.41, 5.74) is 6.50. The number of fused-ring (bicyclic) bond motifs is 1. The molecule has 2 N–H and O–H groups in total. The van der Waals surface area contributed by atoms with Crippen molar-refractivity contribution in [3.05, 3.63) is 47.7 Å². The van der Waals surface area contributed by atoms with Gasteiger partial charge in [0.05, 0.1) is 22.0 Å².